The quantitative estimate of drug-likeness (QED) is 0.826. The Labute approximate surface area is 125 Å². The number of para-hydroxylation sites is 1. The molecule has 0 fully saturated rings. The zero-order chi connectivity index (χ0) is 14.7. The van der Waals surface area contributed by atoms with Crippen LogP contribution in [-0.2, 0) is 0 Å². The molecule has 1 unspecified atom stereocenters. The Balaban J connectivity index is 2.34. The Morgan fingerprint density at radius 3 is 2.75 bits per heavy atom. The van der Waals surface area contributed by atoms with Crippen LogP contribution in [0.25, 0.3) is 10.9 Å². The summed E-state index contributed by atoms with van der Waals surface area (Å²) in [5.41, 5.74) is 7.55. The van der Waals surface area contributed by atoms with Crippen molar-refractivity contribution in [3.8, 4) is 0 Å². The van der Waals surface area contributed by atoms with Crippen LogP contribution >= 0.6 is 12.2 Å². The number of fused-ring (bicyclic) bond motifs is 1. The number of pyridine rings is 1. The van der Waals surface area contributed by atoms with E-state index in [-0.39, 0.29) is 0 Å². The van der Waals surface area contributed by atoms with Gasteiger partial charge in [0.2, 0.25) is 0 Å². The first kappa shape index (κ1) is 14.7. The zero-order valence-electron chi connectivity index (χ0n) is 12.1. The molecule has 1 atom stereocenters. The molecule has 1 aromatic heterocycles. The number of anilines is 1. The minimum absolute atomic E-state index is 0.364. The number of rotatable bonds is 5. The molecule has 3 N–H and O–H groups in total. The van der Waals surface area contributed by atoms with Crippen molar-refractivity contribution in [2.24, 2.45) is 5.73 Å². The molecule has 5 heteroatoms. The second-order valence-electron chi connectivity index (χ2n) is 5.14. The fourth-order valence-electron chi connectivity index (χ4n) is 1.87. The smallest absolute Gasteiger partial charge is 0.137 e. The summed E-state index contributed by atoms with van der Waals surface area (Å²) in [5.74, 6) is 0.755. The second-order valence-corrected chi connectivity index (χ2v) is 5.57. The monoisotopic (exact) mass is 288 g/mol. The van der Waals surface area contributed by atoms with Crippen molar-refractivity contribution in [3.63, 3.8) is 0 Å². The predicted octanol–water partition coefficient (Wildman–Crippen LogP) is 2.23. The number of nitrogens with two attached hydrogens (primary N) is 1. The number of hydrogen-bond acceptors (Lipinski definition) is 4. The molecular formula is C15H20N4S. The Kier molecular flexibility index (Phi) is 4.52. The van der Waals surface area contributed by atoms with Gasteiger partial charge in [0.15, 0.2) is 0 Å². The standard InChI is InChI=1S/C15H20N4S/c1-10(19(2)3)9-17-15-12(14(16)20)8-11-6-4-5-7-13(11)18-15/h4-8,10H,9H2,1-3H3,(H2,16,20)(H,17,18). The molecule has 0 bridgehead atoms. The first-order valence-corrected chi connectivity index (χ1v) is 6.99. The third-order valence-corrected chi connectivity index (χ3v) is 3.66. The molecule has 0 radical (unpaired) electrons. The molecule has 1 heterocycles. The van der Waals surface area contributed by atoms with E-state index in [4.69, 9.17) is 18.0 Å². The molecule has 106 valence electrons. The fourth-order valence-corrected chi connectivity index (χ4v) is 2.02. The maximum absolute atomic E-state index is 5.81. The summed E-state index contributed by atoms with van der Waals surface area (Å²) in [7, 11) is 4.10. The SMILES string of the molecule is CC(CNc1nc2ccccc2cc1C(N)=S)N(C)C. The molecule has 0 saturated carbocycles. The predicted molar refractivity (Wildman–Crippen MR) is 89.3 cm³/mol. The van der Waals surface area contributed by atoms with Gasteiger partial charge in [0.05, 0.1) is 11.1 Å². The van der Waals surface area contributed by atoms with Gasteiger partial charge in [-0.2, -0.15) is 0 Å². The van der Waals surface area contributed by atoms with Gasteiger partial charge in [-0.25, -0.2) is 4.98 Å². The van der Waals surface area contributed by atoms with Crippen LogP contribution in [0.5, 0.6) is 0 Å². The Bertz CT molecular complexity index is 624. The van der Waals surface area contributed by atoms with E-state index in [0.29, 0.717) is 11.0 Å². The van der Waals surface area contributed by atoms with E-state index in [1.54, 1.807) is 0 Å². The van der Waals surface area contributed by atoms with Crippen LogP contribution in [0.1, 0.15) is 12.5 Å². The van der Waals surface area contributed by atoms with Gasteiger partial charge in [-0.1, -0.05) is 30.4 Å². The summed E-state index contributed by atoms with van der Waals surface area (Å²) in [5, 5.41) is 4.39. The van der Waals surface area contributed by atoms with E-state index in [1.165, 1.54) is 0 Å². The molecule has 0 aliphatic rings. The molecule has 0 amide bonds. The van der Waals surface area contributed by atoms with Crippen molar-refractivity contribution in [2.75, 3.05) is 26.0 Å². The summed E-state index contributed by atoms with van der Waals surface area (Å²) < 4.78 is 0. The average Bonchev–Trinajstić information content (AvgIpc) is 2.43. The molecule has 2 aromatic rings. The fraction of sp³-hybridized carbons (Fsp3) is 0.333. The number of hydrogen-bond donors (Lipinski definition) is 2. The van der Waals surface area contributed by atoms with Gasteiger partial charge < -0.3 is 16.0 Å². The van der Waals surface area contributed by atoms with Crippen molar-refractivity contribution in [1.29, 1.82) is 0 Å². The molecule has 1 aromatic carbocycles. The Hall–Kier alpha value is -1.72. The summed E-state index contributed by atoms with van der Waals surface area (Å²) >= 11 is 5.13. The van der Waals surface area contributed by atoms with E-state index in [2.05, 4.69) is 36.2 Å². The number of likely N-dealkylation sites (N-methyl/N-ethyl adjacent to an activating group) is 1. The molecular weight excluding hydrogens is 268 g/mol. The van der Waals surface area contributed by atoms with Gasteiger partial charge in [-0.3, -0.25) is 0 Å². The number of nitrogens with one attached hydrogen (secondary N) is 1. The van der Waals surface area contributed by atoms with Gasteiger partial charge in [0.1, 0.15) is 10.8 Å². The van der Waals surface area contributed by atoms with Gasteiger partial charge in [0, 0.05) is 18.0 Å². The third kappa shape index (κ3) is 3.23. The van der Waals surface area contributed by atoms with Crippen LogP contribution < -0.4 is 11.1 Å². The molecule has 0 aliphatic heterocycles. The maximum atomic E-state index is 5.81. The lowest BCUT2D eigenvalue weighted by Crippen LogP contribution is -2.32. The normalized spacial score (nSPS) is 12.6. The zero-order valence-corrected chi connectivity index (χ0v) is 12.9. The Morgan fingerprint density at radius 2 is 2.10 bits per heavy atom. The lowest BCUT2D eigenvalue weighted by atomic mass is 10.1. The first-order valence-electron chi connectivity index (χ1n) is 6.59. The van der Waals surface area contributed by atoms with Crippen LogP contribution in [0.2, 0.25) is 0 Å². The summed E-state index contributed by atoms with van der Waals surface area (Å²) in [6.07, 6.45) is 0. The highest BCUT2D eigenvalue weighted by Gasteiger charge is 2.11. The maximum Gasteiger partial charge on any atom is 0.137 e. The van der Waals surface area contributed by atoms with Gasteiger partial charge in [-0.05, 0) is 33.2 Å². The van der Waals surface area contributed by atoms with Crippen molar-refractivity contribution in [2.45, 2.75) is 13.0 Å². The largest absolute Gasteiger partial charge is 0.389 e. The van der Waals surface area contributed by atoms with Crippen molar-refractivity contribution >= 4 is 33.9 Å². The molecule has 2 rings (SSSR count). The highest BCUT2D eigenvalue weighted by molar-refractivity contribution is 7.80. The molecule has 0 aliphatic carbocycles. The summed E-state index contributed by atoms with van der Waals surface area (Å²) in [6.45, 7) is 2.93. The van der Waals surface area contributed by atoms with Crippen LogP contribution in [-0.4, -0.2) is 41.6 Å². The van der Waals surface area contributed by atoms with E-state index in [9.17, 15) is 0 Å². The van der Waals surface area contributed by atoms with E-state index in [0.717, 1.165) is 28.8 Å². The van der Waals surface area contributed by atoms with Crippen LogP contribution in [0, 0.1) is 0 Å². The van der Waals surface area contributed by atoms with E-state index >= 15 is 0 Å². The first-order chi connectivity index (χ1) is 9.49. The summed E-state index contributed by atoms with van der Waals surface area (Å²) in [4.78, 5) is 7.14. The topological polar surface area (TPSA) is 54.2 Å². The molecule has 0 spiro atoms. The van der Waals surface area contributed by atoms with Gasteiger partial charge in [0.25, 0.3) is 0 Å². The van der Waals surface area contributed by atoms with Crippen molar-refractivity contribution in [3.05, 3.63) is 35.9 Å². The number of nitrogens with zero attached hydrogens (tertiary/aromatic N) is 2. The molecule has 20 heavy (non-hydrogen) atoms. The number of aromatic nitrogens is 1. The minimum atomic E-state index is 0.364. The number of benzene rings is 1. The number of thiocarbonyl (C=S) groups is 1. The highest BCUT2D eigenvalue weighted by atomic mass is 32.1. The average molecular weight is 288 g/mol. The molecule has 4 nitrogen and oxygen atoms in total. The lowest BCUT2D eigenvalue weighted by molar-refractivity contribution is 0.326. The van der Waals surface area contributed by atoms with Crippen LogP contribution in [0.15, 0.2) is 30.3 Å². The minimum Gasteiger partial charge on any atom is -0.389 e. The second kappa shape index (κ2) is 6.15. The van der Waals surface area contributed by atoms with Crippen molar-refractivity contribution in [1.82, 2.24) is 9.88 Å². The third-order valence-electron chi connectivity index (χ3n) is 3.44. The Morgan fingerprint density at radius 1 is 1.40 bits per heavy atom. The van der Waals surface area contributed by atoms with Gasteiger partial charge >= 0.3 is 0 Å². The van der Waals surface area contributed by atoms with Crippen LogP contribution in [0.3, 0.4) is 0 Å². The van der Waals surface area contributed by atoms with Crippen molar-refractivity contribution < 1.29 is 0 Å². The highest BCUT2D eigenvalue weighted by Crippen LogP contribution is 2.20. The lowest BCUT2D eigenvalue weighted by Gasteiger charge is -2.21. The summed E-state index contributed by atoms with van der Waals surface area (Å²) in [6, 6.07) is 10.3. The molecule has 0 saturated heterocycles. The van der Waals surface area contributed by atoms with E-state index in [1.807, 2.05) is 30.3 Å². The van der Waals surface area contributed by atoms with E-state index < -0.39 is 0 Å². The van der Waals surface area contributed by atoms with Crippen LogP contribution in [0.4, 0.5) is 5.82 Å². The van der Waals surface area contributed by atoms with Gasteiger partial charge in [-0.15, -0.1) is 0 Å².